The summed E-state index contributed by atoms with van der Waals surface area (Å²) in [5.41, 5.74) is 1.37. The van der Waals surface area contributed by atoms with Crippen LogP contribution in [0.25, 0.3) is 0 Å². The van der Waals surface area contributed by atoms with Crippen LogP contribution in [0, 0.1) is 0 Å². The standard InChI is InChI=1S/C13H18N2O.C2HF3O2/c1-2-10(1)11-3-4-13(15-9-11)16-12-5-7-14-8-6-12;3-2(4,5)1(6)7/h3-4,9-10,12,14H,1-2,5-8H2;(H,6,7). The smallest absolute Gasteiger partial charge is 0.475 e. The number of halogens is 3. The predicted octanol–water partition coefficient (Wildman–Crippen LogP) is 2.72. The van der Waals surface area contributed by atoms with Gasteiger partial charge in [0.15, 0.2) is 0 Å². The van der Waals surface area contributed by atoms with Crippen molar-refractivity contribution >= 4 is 5.97 Å². The fourth-order valence-electron chi connectivity index (χ4n) is 2.20. The van der Waals surface area contributed by atoms with Crippen molar-refractivity contribution in [1.29, 1.82) is 0 Å². The van der Waals surface area contributed by atoms with Crippen molar-refractivity contribution in [1.82, 2.24) is 10.3 Å². The molecule has 0 aromatic carbocycles. The van der Waals surface area contributed by atoms with E-state index in [-0.39, 0.29) is 0 Å². The zero-order valence-electron chi connectivity index (χ0n) is 12.5. The normalized spacial score (nSPS) is 18.7. The van der Waals surface area contributed by atoms with E-state index in [0.29, 0.717) is 6.10 Å². The van der Waals surface area contributed by atoms with E-state index < -0.39 is 12.1 Å². The number of ether oxygens (including phenoxy) is 1. The number of carbonyl (C=O) groups is 1. The van der Waals surface area contributed by atoms with E-state index in [1.165, 1.54) is 18.4 Å². The molecule has 8 heteroatoms. The summed E-state index contributed by atoms with van der Waals surface area (Å²) in [6.07, 6.45) is 2.08. The third kappa shape index (κ3) is 6.05. The number of hydrogen-bond acceptors (Lipinski definition) is 4. The topological polar surface area (TPSA) is 71.5 Å². The number of piperidine rings is 1. The highest BCUT2D eigenvalue weighted by Gasteiger charge is 2.38. The molecule has 0 bridgehead atoms. The second-order valence-electron chi connectivity index (χ2n) is 5.57. The van der Waals surface area contributed by atoms with Crippen molar-refractivity contribution in [3.8, 4) is 5.88 Å². The Morgan fingerprint density at radius 2 is 1.83 bits per heavy atom. The number of alkyl halides is 3. The Hall–Kier alpha value is -1.83. The van der Waals surface area contributed by atoms with Gasteiger partial charge in [-0.15, -0.1) is 0 Å². The maximum absolute atomic E-state index is 10.6. The number of rotatable bonds is 3. The number of pyridine rings is 1. The number of hydrogen-bond donors (Lipinski definition) is 2. The summed E-state index contributed by atoms with van der Waals surface area (Å²) < 4.78 is 37.6. The van der Waals surface area contributed by atoms with Crippen LogP contribution in [0.4, 0.5) is 13.2 Å². The molecule has 0 unspecified atom stereocenters. The lowest BCUT2D eigenvalue weighted by molar-refractivity contribution is -0.192. The molecule has 0 spiro atoms. The van der Waals surface area contributed by atoms with Gasteiger partial charge in [-0.05, 0) is 50.3 Å². The van der Waals surface area contributed by atoms with Crippen LogP contribution in [-0.2, 0) is 4.79 Å². The molecule has 1 aliphatic heterocycles. The van der Waals surface area contributed by atoms with E-state index in [9.17, 15) is 13.2 Å². The molecule has 128 valence electrons. The van der Waals surface area contributed by atoms with Crippen molar-refractivity contribution in [2.45, 2.75) is 43.9 Å². The lowest BCUT2D eigenvalue weighted by Crippen LogP contribution is -2.34. The lowest BCUT2D eigenvalue weighted by atomic mass is 10.1. The summed E-state index contributed by atoms with van der Waals surface area (Å²) >= 11 is 0. The number of carboxylic acid groups (broad SMARTS) is 1. The van der Waals surface area contributed by atoms with Gasteiger partial charge in [-0.2, -0.15) is 13.2 Å². The minimum absolute atomic E-state index is 0.348. The molecule has 1 aromatic rings. The zero-order valence-corrected chi connectivity index (χ0v) is 12.5. The molecular formula is C15H19F3N2O3. The van der Waals surface area contributed by atoms with Crippen LogP contribution in [0.2, 0.25) is 0 Å². The van der Waals surface area contributed by atoms with Gasteiger partial charge in [-0.1, -0.05) is 6.07 Å². The van der Waals surface area contributed by atoms with Gasteiger partial charge in [0.05, 0.1) is 0 Å². The quantitative estimate of drug-likeness (QED) is 0.890. The van der Waals surface area contributed by atoms with E-state index in [1.54, 1.807) is 0 Å². The van der Waals surface area contributed by atoms with Crippen LogP contribution in [0.1, 0.15) is 37.2 Å². The molecule has 1 saturated carbocycles. The molecule has 1 aliphatic carbocycles. The molecule has 0 radical (unpaired) electrons. The van der Waals surface area contributed by atoms with Gasteiger partial charge >= 0.3 is 12.1 Å². The molecule has 3 rings (SSSR count). The van der Waals surface area contributed by atoms with Crippen LogP contribution >= 0.6 is 0 Å². The van der Waals surface area contributed by atoms with Gasteiger partial charge in [0.2, 0.25) is 5.88 Å². The molecule has 1 saturated heterocycles. The second-order valence-corrected chi connectivity index (χ2v) is 5.57. The maximum atomic E-state index is 10.6. The third-order valence-electron chi connectivity index (χ3n) is 3.62. The Labute approximate surface area is 131 Å². The molecule has 0 atom stereocenters. The summed E-state index contributed by atoms with van der Waals surface area (Å²) in [4.78, 5) is 13.3. The molecule has 23 heavy (non-hydrogen) atoms. The average molecular weight is 332 g/mol. The number of aliphatic carboxylic acids is 1. The van der Waals surface area contributed by atoms with E-state index in [1.807, 2.05) is 12.3 Å². The highest BCUT2D eigenvalue weighted by Crippen LogP contribution is 2.39. The molecule has 1 aromatic heterocycles. The molecular weight excluding hydrogens is 313 g/mol. The van der Waals surface area contributed by atoms with E-state index in [0.717, 1.165) is 37.7 Å². The highest BCUT2D eigenvalue weighted by atomic mass is 19.4. The van der Waals surface area contributed by atoms with Gasteiger partial charge in [0.25, 0.3) is 0 Å². The fourth-order valence-corrected chi connectivity index (χ4v) is 2.20. The summed E-state index contributed by atoms with van der Waals surface area (Å²) in [6.45, 7) is 2.12. The summed E-state index contributed by atoms with van der Waals surface area (Å²) in [5.74, 6) is -1.19. The van der Waals surface area contributed by atoms with Crippen molar-refractivity contribution in [2.24, 2.45) is 0 Å². The molecule has 5 nitrogen and oxygen atoms in total. The minimum atomic E-state index is -5.08. The summed E-state index contributed by atoms with van der Waals surface area (Å²) in [7, 11) is 0. The van der Waals surface area contributed by atoms with Gasteiger partial charge < -0.3 is 15.2 Å². The first-order valence-electron chi connectivity index (χ1n) is 7.49. The highest BCUT2D eigenvalue weighted by molar-refractivity contribution is 5.73. The van der Waals surface area contributed by atoms with Gasteiger partial charge in [0, 0.05) is 12.3 Å². The number of aromatic nitrogens is 1. The average Bonchev–Trinajstić information content (AvgIpc) is 3.33. The van der Waals surface area contributed by atoms with Crippen molar-refractivity contribution in [3.63, 3.8) is 0 Å². The fraction of sp³-hybridized carbons (Fsp3) is 0.600. The summed E-state index contributed by atoms with van der Waals surface area (Å²) in [6, 6.07) is 4.19. The van der Waals surface area contributed by atoms with E-state index in [4.69, 9.17) is 14.6 Å². The van der Waals surface area contributed by atoms with Gasteiger partial charge in [-0.3, -0.25) is 0 Å². The Balaban J connectivity index is 0.000000236. The second kappa shape index (κ2) is 7.63. The van der Waals surface area contributed by atoms with Gasteiger partial charge in [0.1, 0.15) is 6.10 Å². The number of nitrogens with zero attached hydrogens (tertiary/aromatic N) is 1. The number of nitrogens with one attached hydrogen (secondary N) is 1. The molecule has 0 amide bonds. The first kappa shape index (κ1) is 17.5. The Morgan fingerprint density at radius 1 is 1.22 bits per heavy atom. The Bertz CT molecular complexity index is 510. The molecule has 2 heterocycles. The van der Waals surface area contributed by atoms with E-state index in [2.05, 4.69) is 16.4 Å². The predicted molar refractivity (Wildman–Crippen MR) is 76.4 cm³/mol. The van der Waals surface area contributed by atoms with Gasteiger partial charge in [-0.25, -0.2) is 9.78 Å². The number of carboxylic acids is 1. The SMILES string of the molecule is O=C(O)C(F)(F)F.c1cc(OC2CCNCC2)ncc1C1CC1. The van der Waals surface area contributed by atoms with Crippen LogP contribution in [0.15, 0.2) is 18.3 Å². The maximum Gasteiger partial charge on any atom is 0.490 e. The van der Waals surface area contributed by atoms with Crippen LogP contribution in [-0.4, -0.2) is 41.4 Å². The van der Waals surface area contributed by atoms with Crippen molar-refractivity contribution in [2.75, 3.05) is 13.1 Å². The largest absolute Gasteiger partial charge is 0.490 e. The first-order chi connectivity index (χ1) is 10.9. The summed E-state index contributed by atoms with van der Waals surface area (Å²) in [5, 5.41) is 10.5. The van der Waals surface area contributed by atoms with Crippen LogP contribution < -0.4 is 10.1 Å². The minimum Gasteiger partial charge on any atom is -0.475 e. The third-order valence-corrected chi connectivity index (χ3v) is 3.62. The Morgan fingerprint density at radius 3 is 2.26 bits per heavy atom. The molecule has 2 fully saturated rings. The zero-order chi connectivity index (χ0) is 16.9. The molecule has 2 N–H and O–H groups in total. The van der Waals surface area contributed by atoms with Crippen LogP contribution in [0.3, 0.4) is 0 Å². The Kier molecular flexibility index (Phi) is 5.81. The monoisotopic (exact) mass is 332 g/mol. The van der Waals surface area contributed by atoms with Crippen molar-refractivity contribution < 1.29 is 27.8 Å². The van der Waals surface area contributed by atoms with E-state index >= 15 is 0 Å². The van der Waals surface area contributed by atoms with Crippen LogP contribution in [0.5, 0.6) is 5.88 Å². The first-order valence-corrected chi connectivity index (χ1v) is 7.49. The van der Waals surface area contributed by atoms with Crippen molar-refractivity contribution in [3.05, 3.63) is 23.9 Å². The molecule has 2 aliphatic rings. The lowest BCUT2D eigenvalue weighted by Gasteiger charge is -2.23.